The Morgan fingerprint density at radius 3 is 2.67 bits per heavy atom. The van der Waals surface area contributed by atoms with Gasteiger partial charge in [0.1, 0.15) is 0 Å². The average Bonchev–Trinajstić information content (AvgIpc) is 2.07. The molecule has 0 saturated carbocycles. The van der Waals surface area contributed by atoms with Crippen LogP contribution in [0.5, 0.6) is 0 Å². The van der Waals surface area contributed by atoms with E-state index in [2.05, 4.69) is 50.2 Å². The molecule has 12 heavy (non-hydrogen) atoms. The van der Waals surface area contributed by atoms with Crippen molar-refractivity contribution in [1.29, 1.82) is 0 Å². The van der Waals surface area contributed by atoms with Crippen LogP contribution in [0.2, 0.25) is 0 Å². The summed E-state index contributed by atoms with van der Waals surface area (Å²) in [6.07, 6.45) is 0. The molecule has 0 N–H and O–H groups in total. The van der Waals surface area contributed by atoms with Gasteiger partial charge < -0.3 is 0 Å². The zero-order valence-electron chi connectivity index (χ0n) is 7.39. The third kappa shape index (κ3) is 1.10. The molecular weight excluding hydrogens is 144 g/mol. The molecule has 0 spiro atoms. The zero-order valence-corrected chi connectivity index (χ0v) is 7.39. The summed E-state index contributed by atoms with van der Waals surface area (Å²) in [5.41, 5.74) is 2.51. The molecule has 0 unspecified atom stereocenters. The predicted octanol–water partition coefficient (Wildman–Crippen LogP) is 3.26. The van der Waals surface area contributed by atoms with Crippen LogP contribution < -0.4 is 0 Å². The highest BCUT2D eigenvalue weighted by Gasteiger charge is 1.95. The molecule has 2 aromatic carbocycles. The predicted molar refractivity (Wildman–Crippen MR) is 52.3 cm³/mol. The fourth-order valence-electron chi connectivity index (χ4n) is 1.45. The highest BCUT2D eigenvalue weighted by Crippen LogP contribution is 2.18. The van der Waals surface area contributed by atoms with Crippen molar-refractivity contribution in [3.63, 3.8) is 0 Å². The van der Waals surface area contributed by atoms with Crippen LogP contribution in [0, 0.1) is 19.9 Å². The van der Waals surface area contributed by atoms with E-state index in [-0.39, 0.29) is 0 Å². The van der Waals surface area contributed by atoms with Gasteiger partial charge in [-0.2, -0.15) is 0 Å². The van der Waals surface area contributed by atoms with Gasteiger partial charge in [-0.15, -0.1) is 0 Å². The molecule has 0 bridgehead atoms. The summed E-state index contributed by atoms with van der Waals surface area (Å²) in [6.45, 7) is 4.20. The first-order valence-corrected chi connectivity index (χ1v) is 4.15. The smallest absolute Gasteiger partial charge is 0.00644 e. The van der Waals surface area contributed by atoms with Gasteiger partial charge in [0.25, 0.3) is 0 Å². The number of benzene rings is 2. The zero-order chi connectivity index (χ0) is 8.55. The molecule has 0 aliphatic heterocycles. The monoisotopic (exact) mass is 155 g/mol. The van der Waals surface area contributed by atoms with Crippen LogP contribution in [0.3, 0.4) is 0 Å². The summed E-state index contributed by atoms with van der Waals surface area (Å²) < 4.78 is 0. The molecule has 0 nitrogen and oxygen atoms in total. The largest absolute Gasteiger partial charge is 0.0614 e. The van der Waals surface area contributed by atoms with E-state index < -0.39 is 0 Å². The maximum atomic E-state index is 3.36. The maximum absolute atomic E-state index is 3.36. The summed E-state index contributed by atoms with van der Waals surface area (Å²) in [6, 6.07) is 13.9. The number of rotatable bonds is 0. The van der Waals surface area contributed by atoms with Gasteiger partial charge in [-0.25, -0.2) is 0 Å². The third-order valence-electron chi connectivity index (χ3n) is 2.14. The quantitative estimate of drug-likeness (QED) is 0.547. The Balaban J connectivity index is 2.88. The van der Waals surface area contributed by atoms with Crippen molar-refractivity contribution in [2.45, 2.75) is 13.8 Å². The lowest BCUT2D eigenvalue weighted by molar-refractivity contribution is 1.46. The van der Waals surface area contributed by atoms with Gasteiger partial charge >= 0.3 is 0 Å². The normalized spacial score (nSPS) is 10.5. The van der Waals surface area contributed by atoms with Gasteiger partial charge in [0, 0.05) is 0 Å². The lowest BCUT2D eigenvalue weighted by Crippen LogP contribution is -1.79. The summed E-state index contributed by atoms with van der Waals surface area (Å²) in [5, 5.41) is 2.53. The molecule has 0 heterocycles. The van der Waals surface area contributed by atoms with Crippen molar-refractivity contribution in [1.82, 2.24) is 0 Å². The Bertz CT molecular complexity index is 413. The van der Waals surface area contributed by atoms with E-state index in [0.717, 1.165) is 0 Å². The average molecular weight is 155 g/mol. The number of hydrogen-bond acceptors (Lipinski definition) is 0. The molecule has 0 aliphatic rings. The Morgan fingerprint density at radius 2 is 1.83 bits per heavy atom. The first-order valence-electron chi connectivity index (χ1n) is 4.15. The van der Waals surface area contributed by atoms with E-state index >= 15 is 0 Å². The summed E-state index contributed by atoms with van der Waals surface area (Å²) in [4.78, 5) is 0. The fraction of sp³-hybridized carbons (Fsp3) is 0.167. The topological polar surface area (TPSA) is 0 Å². The standard InChI is InChI=1S/C12H11/c1-9-6-7-11-5-3-4-10(2)12(11)8-9/h3-7H,1-2H3. The van der Waals surface area contributed by atoms with Gasteiger partial charge in [0.05, 0.1) is 0 Å². The van der Waals surface area contributed by atoms with Crippen LogP contribution in [0.15, 0.2) is 30.3 Å². The van der Waals surface area contributed by atoms with E-state index in [0.29, 0.717) is 0 Å². The third-order valence-corrected chi connectivity index (χ3v) is 2.14. The van der Waals surface area contributed by atoms with Crippen molar-refractivity contribution >= 4 is 10.8 Å². The van der Waals surface area contributed by atoms with Crippen LogP contribution in [-0.2, 0) is 0 Å². The Morgan fingerprint density at radius 1 is 1.00 bits per heavy atom. The van der Waals surface area contributed by atoms with Crippen molar-refractivity contribution in [3.05, 3.63) is 47.5 Å². The lowest BCUT2D eigenvalue weighted by atomic mass is 10.0. The summed E-state index contributed by atoms with van der Waals surface area (Å²) >= 11 is 0. The summed E-state index contributed by atoms with van der Waals surface area (Å²) in [5.74, 6) is 0. The second-order valence-corrected chi connectivity index (χ2v) is 3.18. The maximum Gasteiger partial charge on any atom is -0.00644 e. The highest BCUT2D eigenvalue weighted by molar-refractivity contribution is 5.85. The highest BCUT2D eigenvalue weighted by atomic mass is 14.0. The van der Waals surface area contributed by atoms with Crippen molar-refractivity contribution < 1.29 is 0 Å². The lowest BCUT2D eigenvalue weighted by Gasteiger charge is -2.01. The molecule has 59 valence electrons. The van der Waals surface area contributed by atoms with Crippen LogP contribution >= 0.6 is 0 Å². The molecule has 2 rings (SSSR count). The van der Waals surface area contributed by atoms with Crippen LogP contribution in [0.4, 0.5) is 0 Å². The Labute approximate surface area is 72.8 Å². The van der Waals surface area contributed by atoms with E-state index in [1.54, 1.807) is 0 Å². The molecule has 0 heteroatoms. The fourth-order valence-corrected chi connectivity index (χ4v) is 1.45. The molecule has 2 aromatic rings. The van der Waals surface area contributed by atoms with Crippen LogP contribution in [0.25, 0.3) is 10.8 Å². The molecule has 0 amide bonds. The van der Waals surface area contributed by atoms with Crippen molar-refractivity contribution in [2.24, 2.45) is 0 Å². The second-order valence-electron chi connectivity index (χ2n) is 3.18. The van der Waals surface area contributed by atoms with Gasteiger partial charge in [-0.05, 0) is 41.8 Å². The first-order chi connectivity index (χ1) is 5.77. The number of hydrogen-bond donors (Lipinski definition) is 0. The SMILES string of the molecule is Cc1[c]c2c(C)cccc2cc1. The van der Waals surface area contributed by atoms with Gasteiger partial charge in [0.2, 0.25) is 0 Å². The Hall–Kier alpha value is -1.30. The Kier molecular flexibility index (Phi) is 1.61. The van der Waals surface area contributed by atoms with Crippen molar-refractivity contribution in [2.75, 3.05) is 0 Å². The minimum absolute atomic E-state index is 1.21. The molecule has 0 saturated heterocycles. The second kappa shape index (κ2) is 2.63. The first kappa shape index (κ1) is 7.35. The van der Waals surface area contributed by atoms with E-state index in [9.17, 15) is 0 Å². The van der Waals surface area contributed by atoms with E-state index in [1.807, 2.05) is 0 Å². The number of fused-ring (bicyclic) bond motifs is 1. The van der Waals surface area contributed by atoms with Crippen LogP contribution in [-0.4, -0.2) is 0 Å². The van der Waals surface area contributed by atoms with Gasteiger partial charge in [-0.1, -0.05) is 30.3 Å². The van der Waals surface area contributed by atoms with E-state index in [1.165, 1.54) is 21.9 Å². The molecule has 0 aliphatic carbocycles. The van der Waals surface area contributed by atoms with Crippen LogP contribution in [0.1, 0.15) is 11.1 Å². The minimum atomic E-state index is 1.21. The number of aryl methyl sites for hydroxylation is 2. The van der Waals surface area contributed by atoms with Gasteiger partial charge in [0.15, 0.2) is 0 Å². The molecule has 1 radical (unpaired) electrons. The van der Waals surface area contributed by atoms with Crippen molar-refractivity contribution in [3.8, 4) is 0 Å². The molecule has 0 fully saturated rings. The van der Waals surface area contributed by atoms with Gasteiger partial charge in [-0.3, -0.25) is 0 Å². The molecule has 0 aromatic heterocycles. The minimum Gasteiger partial charge on any atom is -0.0614 e. The van der Waals surface area contributed by atoms with E-state index in [4.69, 9.17) is 0 Å². The summed E-state index contributed by atoms with van der Waals surface area (Å²) in [7, 11) is 0. The molecule has 0 atom stereocenters. The molecular formula is C12H11.